The molecular formula is C23H27ClN4OS. The lowest BCUT2D eigenvalue weighted by atomic mass is 10.0. The van der Waals surface area contributed by atoms with Crippen molar-refractivity contribution < 1.29 is 4.79 Å². The number of nitrogens with one attached hydrogen (secondary N) is 1. The van der Waals surface area contributed by atoms with Crippen LogP contribution in [0, 0.1) is 12.8 Å². The fourth-order valence-corrected chi connectivity index (χ4v) is 4.29. The molecule has 3 aromatic rings. The Kier molecular flexibility index (Phi) is 7.56. The number of carbonyl (C=O) groups excluding carboxylic acids is 1. The molecule has 1 N–H and O–H groups in total. The summed E-state index contributed by atoms with van der Waals surface area (Å²) in [6.45, 7) is 8.94. The zero-order valence-corrected chi connectivity index (χ0v) is 19.3. The Bertz CT molecular complexity index is 1000. The maximum atomic E-state index is 12.8. The number of carbonyl (C=O) groups is 1. The van der Waals surface area contributed by atoms with Crippen LogP contribution in [0.25, 0.3) is 0 Å². The lowest BCUT2D eigenvalue weighted by molar-refractivity contribution is 0.0921. The van der Waals surface area contributed by atoms with Crippen molar-refractivity contribution in [2.75, 3.05) is 0 Å². The van der Waals surface area contributed by atoms with Crippen molar-refractivity contribution in [3.63, 3.8) is 0 Å². The highest BCUT2D eigenvalue weighted by Gasteiger charge is 2.26. The third-order valence-corrected chi connectivity index (χ3v) is 6.14. The molecule has 158 valence electrons. The second-order valence-corrected chi connectivity index (χ2v) is 8.94. The quantitative estimate of drug-likeness (QED) is 0.456. The van der Waals surface area contributed by atoms with Crippen LogP contribution in [-0.2, 0) is 12.3 Å². The largest absolute Gasteiger partial charge is 0.342 e. The van der Waals surface area contributed by atoms with E-state index in [4.69, 9.17) is 11.6 Å². The summed E-state index contributed by atoms with van der Waals surface area (Å²) >= 11 is 7.60. The van der Waals surface area contributed by atoms with Gasteiger partial charge in [0.25, 0.3) is 5.91 Å². The Labute approximate surface area is 187 Å². The summed E-state index contributed by atoms with van der Waals surface area (Å²) in [6.07, 6.45) is 0. The molecule has 0 saturated heterocycles. The van der Waals surface area contributed by atoms with Crippen molar-refractivity contribution >= 4 is 29.3 Å². The summed E-state index contributed by atoms with van der Waals surface area (Å²) < 4.78 is 2.09. The lowest BCUT2D eigenvalue weighted by Crippen LogP contribution is -2.33. The van der Waals surface area contributed by atoms with Crippen LogP contribution in [0.2, 0.25) is 5.02 Å². The second-order valence-electron chi connectivity index (χ2n) is 7.56. The highest BCUT2D eigenvalue weighted by molar-refractivity contribution is 7.98. The predicted molar refractivity (Wildman–Crippen MR) is 123 cm³/mol. The third kappa shape index (κ3) is 5.43. The minimum Gasteiger partial charge on any atom is -0.342 e. The minimum absolute atomic E-state index is 0.0987. The molecule has 0 aliphatic heterocycles. The number of rotatable bonds is 8. The molecule has 3 rings (SSSR count). The van der Waals surface area contributed by atoms with Crippen LogP contribution in [0.3, 0.4) is 0 Å². The Hall–Kier alpha value is -2.31. The topological polar surface area (TPSA) is 59.8 Å². The number of benzene rings is 2. The van der Waals surface area contributed by atoms with Gasteiger partial charge in [0.1, 0.15) is 0 Å². The number of thioether (sulfide) groups is 1. The first-order valence-corrected chi connectivity index (χ1v) is 11.4. The van der Waals surface area contributed by atoms with E-state index >= 15 is 0 Å². The second kappa shape index (κ2) is 10.1. The van der Waals surface area contributed by atoms with E-state index in [9.17, 15) is 4.79 Å². The average Bonchev–Trinajstić information content (AvgIpc) is 3.13. The van der Waals surface area contributed by atoms with Gasteiger partial charge in [-0.2, -0.15) is 0 Å². The number of amides is 1. The molecule has 0 bridgehead atoms. The minimum atomic E-state index is -0.227. The molecule has 0 fully saturated rings. The summed E-state index contributed by atoms with van der Waals surface area (Å²) in [5.74, 6) is 1.63. The molecule has 30 heavy (non-hydrogen) atoms. The highest BCUT2D eigenvalue weighted by atomic mass is 35.5. The van der Waals surface area contributed by atoms with Gasteiger partial charge in [0.05, 0.1) is 6.04 Å². The first kappa shape index (κ1) is 22.4. The Morgan fingerprint density at radius 1 is 1.17 bits per heavy atom. The fraction of sp³-hybridized carbons (Fsp3) is 0.348. The number of hydrogen-bond acceptors (Lipinski definition) is 4. The zero-order chi connectivity index (χ0) is 21.7. The van der Waals surface area contributed by atoms with E-state index < -0.39 is 0 Å². The van der Waals surface area contributed by atoms with E-state index in [1.807, 2.05) is 55.5 Å². The molecule has 0 unspecified atom stereocenters. The standard InChI is InChI=1S/C23H27ClN4OS/c1-5-28-21(26-27-23(28)30-14-17-9-11-19(24)12-10-17)20(15(2)3)25-22(29)18-8-6-7-16(4)13-18/h6-13,15,20H,5,14H2,1-4H3,(H,25,29)/t20-/m0/s1. The summed E-state index contributed by atoms with van der Waals surface area (Å²) in [5.41, 5.74) is 2.88. The monoisotopic (exact) mass is 442 g/mol. The van der Waals surface area contributed by atoms with Gasteiger partial charge in [-0.25, -0.2) is 0 Å². The van der Waals surface area contributed by atoms with Gasteiger partial charge in [-0.05, 0) is 49.6 Å². The molecule has 0 radical (unpaired) electrons. The van der Waals surface area contributed by atoms with Gasteiger partial charge in [0, 0.05) is 22.9 Å². The van der Waals surface area contributed by atoms with Gasteiger partial charge in [-0.3, -0.25) is 4.79 Å². The average molecular weight is 443 g/mol. The summed E-state index contributed by atoms with van der Waals surface area (Å²) in [5, 5.41) is 13.6. The first-order chi connectivity index (χ1) is 14.4. The first-order valence-electron chi connectivity index (χ1n) is 10.1. The molecule has 7 heteroatoms. The molecule has 1 heterocycles. The Morgan fingerprint density at radius 3 is 2.53 bits per heavy atom. The lowest BCUT2D eigenvalue weighted by Gasteiger charge is -2.22. The van der Waals surface area contributed by atoms with E-state index in [-0.39, 0.29) is 17.9 Å². The van der Waals surface area contributed by atoms with Crippen LogP contribution in [0.5, 0.6) is 0 Å². The summed E-state index contributed by atoms with van der Waals surface area (Å²) in [4.78, 5) is 12.8. The Morgan fingerprint density at radius 2 is 1.90 bits per heavy atom. The number of aryl methyl sites for hydroxylation is 1. The molecule has 0 spiro atoms. The number of aromatic nitrogens is 3. The fourth-order valence-electron chi connectivity index (χ4n) is 3.20. The van der Waals surface area contributed by atoms with E-state index in [1.165, 1.54) is 5.56 Å². The summed E-state index contributed by atoms with van der Waals surface area (Å²) in [7, 11) is 0. The van der Waals surface area contributed by atoms with E-state index in [2.05, 4.69) is 40.9 Å². The van der Waals surface area contributed by atoms with Gasteiger partial charge in [-0.15, -0.1) is 10.2 Å². The van der Waals surface area contributed by atoms with E-state index in [0.29, 0.717) is 5.56 Å². The molecule has 1 amide bonds. The van der Waals surface area contributed by atoms with Crippen molar-refractivity contribution in [2.45, 2.75) is 51.2 Å². The van der Waals surface area contributed by atoms with Crippen LogP contribution in [0.4, 0.5) is 0 Å². The number of halogens is 1. The smallest absolute Gasteiger partial charge is 0.251 e. The van der Waals surface area contributed by atoms with Gasteiger partial charge < -0.3 is 9.88 Å². The molecule has 0 saturated carbocycles. The van der Waals surface area contributed by atoms with Gasteiger partial charge in [-0.1, -0.05) is 67.0 Å². The molecule has 1 atom stereocenters. The van der Waals surface area contributed by atoms with Crippen molar-refractivity contribution in [3.8, 4) is 0 Å². The maximum absolute atomic E-state index is 12.8. The van der Waals surface area contributed by atoms with Crippen LogP contribution >= 0.6 is 23.4 Å². The van der Waals surface area contributed by atoms with Gasteiger partial charge in [0.15, 0.2) is 11.0 Å². The van der Waals surface area contributed by atoms with Crippen LogP contribution in [-0.4, -0.2) is 20.7 Å². The molecule has 2 aromatic carbocycles. The van der Waals surface area contributed by atoms with Gasteiger partial charge >= 0.3 is 0 Å². The van der Waals surface area contributed by atoms with Crippen molar-refractivity contribution in [1.82, 2.24) is 20.1 Å². The van der Waals surface area contributed by atoms with E-state index in [1.54, 1.807) is 11.8 Å². The number of nitrogens with zero attached hydrogens (tertiary/aromatic N) is 3. The highest BCUT2D eigenvalue weighted by Crippen LogP contribution is 2.27. The normalized spacial score (nSPS) is 12.2. The third-order valence-electron chi connectivity index (χ3n) is 4.85. The van der Waals surface area contributed by atoms with Crippen LogP contribution < -0.4 is 5.32 Å². The Balaban J connectivity index is 1.79. The SMILES string of the molecule is CCn1c(SCc2ccc(Cl)cc2)nnc1[C@@H](NC(=O)c1cccc(C)c1)C(C)C. The van der Waals surface area contributed by atoms with Crippen LogP contribution in [0.1, 0.15) is 54.1 Å². The van der Waals surface area contributed by atoms with Crippen molar-refractivity contribution in [2.24, 2.45) is 5.92 Å². The molecule has 5 nitrogen and oxygen atoms in total. The van der Waals surface area contributed by atoms with Crippen molar-refractivity contribution in [3.05, 3.63) is 76.1 Å². The zero-order valence-electron chi connectivity index (χ0n) is 17.7. The maximum Gasteiger partial charge on any atom is 0.251 e. The molecule has 0 aliphatic carbocycles. The molecule has 0 aliphatic rings. The molecule has 1 aromatic heterocycles. The summed E-state index contributed by atoms with van der Waals surface area (Å²) in [6, 6.07) is 15.2. The predicted octanol–water partition coefficient (Wildman–Crippen LogP) is 5.68. The molecular weight excluding hydrogens is 416 g/mol. The van der Waals surface area contributed by atoms with E-state index in [0.717, 1.165) is 33.9 Å². The number of hydrogen-bond donors (Lipinski definition) is 1. The van der Waals surface area contributed by atoms with Crippen molar-refractivity contribution in [1.29, 1.82) is 0 Å². The van der Waals surface area contributed by atoms with Crippen LogP contribution in [0.15, 0.2) is 53.7 Å². The van der Waals surface area contributed by atoms with Gasteiger partial charge in [0.2, 0.25) is 0 Å².